The van der Waals surface area contributed by atoms with Gasteiger partial charge in [-0.05, 0) is 22.9 Å². The van der Waals surface area contributed by atoms with Gasteiger partial charge in [0.25, 0.3) is 5.91 Å². The van der Waals surface area contributed by atoms with Gasteiger partial charge in [0.15, 0.2) is 10.6 Å². The smallest absolute Gasteiger partial charge is 0.262 e. The second-order valence-corrected chi connectivity index (χ2v) is 5.73. The van der Waals surface area contributed by atoms with Crippen LogP contribution in [0.1, 0.15) is 16.1 Å². The third-order valence-electron chi connectivity index (χ3n) is 2.00. The number of rotatable bonds is 2. The number of H-pyrrole nitrogens is 1. The zero-order valence-electron chi connectivity index (χ0n) is 8.78. The standard InChI is InChI=1S/C10H8BrN3O2S/c1-5-2-7(15)6(3-12-5)9(16)14-10-13-4-8(11)17-10/h2-4H,1H3,(H,12,15)(H,13,14,16). The number of nitrogens with zero attached hydrogens (tertiary/aromatic N) is 1. The predicted molar refractivity (Wildman–Crippen MR) is 69.6 cm³/mol. The molecule has 7 heteroatoms. The third-order valence-corrected chi connectivity index (χ3v) is 3.39. The number of carbonyl (C=O) groups is 1. The van der Waals surface area contributed by atoms with Gasteiger partial charge in [-0.25, -0.2) is 4.98 Å². The van der Waals surface area contributed by atoms with Crippen LogP contribution in [0.5, 0.6) is 0 Å². The Balaban J connectivity index is 2.23. The Morgan fingerprint density at radius 1 is 1.59 bits per heavy atom. The summed E-state index contributed by atoms with van der Waals surface area (Å²) >= 11 is 4.52. The molecule has 0 aliphatic rings. The number of carbonyl (C=O) groups excluding carboxylic acids is 1. The molecule has 2 heterocycles. The van der Waals surface area contributed by atoms with Crippen LogP contribution >= 0.6 is 27.3 Å². The van der Waals surface area contributed by atoms with Crippen LogP contribution in [0, 0.1) is 6.92 Å². The highest BCUT2D eigenvalue weighted by atomic mass is 79.9. The zero-order chi connectivity index (χ0) is 12.4. The molecule has 0 aliphatic heterocycles. The summed E-state index contributed by atoms with van der Waals surface area (Å²) in [4.78, 5) is 30.1. The Labute approximate surface area is 109 Å². The quantitative estimate of drug-likeness (QED) is 0.892. The molecule has 0 bridgehead atoms. The van der Waals surface area contributed by atoms with E-state index in [4.69, 9.17) is 0 Å². The largest absolute Gasteiger partial charge is 0.364 e. The van der Waals surface area contributed by atoms with Crippen LogP contribution in [-0.2, 0) is 0 Å². The van der Waals surface area contributed by atoms with E-state index in [1.807, 2.05) is 0 Å². The van der Waals surface area contributed by atoms with Gasteiger partial charge in [-0.1, -0.05) is 11.3 Å². The van der Waals surface area contributed by atoms with Crippen molar-refractivity contribution < 1.29 is 4.79 Å². The van der Waals surface area contributed by atoms with Gasteiger partial charge in [-0.2, -0.15) is 0 Å². The van der Waals surface area contributed by atoms with Crippen molar-refractivity contribution in [1.82, 2.24) is 9.97 Å². The van der Waals surface area contributed by atoms with Crippen LogP contribution in [0.15, 0.2) is 27.0 Å². The van der Waals surface area contributed by atoms with Crippen LogP contribution in [-0.4, -0.2) is 15.9 Å². The molecule has 2 aromatic heterocycles. The number of amides is 1. The van der Waals surface area contributed by atoms with E-state index in [9.17, 15) is 9.59 Å². The molecule has 0 unspecified atom stereocenters. The fourth-order valence-corrected chi connectivity index (χ4v) is 2.33. The number of hydrogen-bond acceptors (Lipinski definition) is 4. The van der Waals surface area contributed by atoms with Crippen LogP contribution in [0.25, 0.3) is 0 Å². The van der Waals surface area contributed by atoms with E-state index in [-0.39, 0.29) is 11.0 Å². The Kier molecular flexibility index (Phi) is 3.39. The minimum atomic E-state index is -0.465. The summed E-state index contributed by atoms with van der Waals surface area (Å²) in [5, 5.41) is 3.00. The molecule has 0 saturated carbocycles. The van der Waals surface area contributed by atoms with Crippen LogP contribution in [0.2, 0.25) is 0 Å². The highest BCUT2D eigenvalue weighted by Gasteiger charge is 2.12. The van der Waals surface area contributed by atoms with E-state index in [1.54, 1.807) is 13.1 Å². The van der Waals surface area contributed by atoms with Crippen LogP contribution in [0.4, 0.5) is 5.13 Å². The molecule has 0 fully saturated rings. The molecule has 0 aromatic carbocycles. The van der Waals surface area contributed by atoms with Gasteiger partial charge in [-0.15, -0.1) is 0 Å². The Morgan fingerprint density at radius 3 is 2.94 bits per heavy atom. The van der Waals surface area contributed by atoms with Crippen molar-refractivity contribution in [2.24, 2.45) is 0 Å². The SMILES string of the molecule is Cc1cc(=O)c(C(=O)Nc2ncc(Br)s2)c[nH]1. The van der Waals surface area contributed by atoms with E-state index < -0.39 is 5.91 Å². The number of pyridine rings is 1. The molecular formula is C10H8BrN3O2S. The summed E-state index contributed by atoms with van der Waals surface area (Å²) in [6.07, 6.45) is 2.98. The molecule has 2 rings (SSSR count). The van der Waals surface area contributed by atoms with E-state index in [1.165, 1.54) is 23.6 Å². The second kappa shape index (κ2) is 4.80. The van der Waals surface area contributed by atoms with Crippen molar-refractivity contribution in [3.05, 3.63) is 43.7 Å². The number of aromatic nitrogens is 2. The first-order valence-electron chi connectivity index (χ1n) is 4.68. The summed E-state index contributed by atoms with van der Waals surface area (Å²) in [7, 11) is 0. The Morgan fingerprint density at radius 2 is 2.35 bits per heavy atom. The number of nitrogens with one attached hydrogen (secondary N) is 2. The number of aromatic amines is 1. The van der Waals surface area contributed by atoms with Crippen LogP contribution in [0.3, 0.4) is 0 Å². The summed E-state index contributed by atoms with van der Waals surface area (Å²) in [5.41, 5.74) is 0.472. The molecule has 0 atom stereocenters. The van der Waals surface area contributed by atoms with E-state index in [0.717, 1.165) is 3.79 Å². The van der Waals surface area contributed by atoms with Gasteiger partial charge in [0.2, 0.25) is 0 Å². The normalized spacial score (nSPS) is 10.2. The number of anilines is 1. The van der Waals surface area contributed by atoms with Gasteiger partial charge >= 0.3 is 0 Å². The molecule has 1 amide bonds. The van der Waals surface area contributed by atoms with Gasteiger partial charge in [-0.3, -0.25) is 14.9 Å². The van der Waals surface area contributed by atoms with Crippen molar-refractivity contribution >= 4 is 38.3 Å². The van der Waals surface area contributed by atoms with Gasteiger partial charge in [0.05, 0.1) is 9.98 Å². The maximum absolute atomic E-state index is 11.8. The van der Waals surface area contributed by atoms with Crippen molar-refractivity contribution in [1.29, 1.82) is 0 Å². The monoisotopic (exact) mass is 313 g/mol. The first-order chi connectivity index (χ1) is 8.06. The lowest BCUT2D eigenvalue weighted by Crippen LogP contribution is -2.21. The number of thiazole rings is 1. The topological polar surface area (TPSA) is 74.8 Å². The Bertz CT molecular complexity index is 620. The van der Waals surface area contributed by atoms with Crippen LogP contribution < -0.4 is 10.7 Å². The molecule has 2 N–H and O–H groups in total. The molecule has 0 saturated heterocycles. The van der Waals surface area contributed by atoms with Crippen molar-refractivity contribution in [2.75, 3.05) is 5.32 Å². The summed E-state index contributed by atoms with van der Waals surface area (Å²) < 4.78 is 0.811. The summed E-state index contributed by atoms with van der Waals surface area (Å²) in [5.74, 6) is -0.465. The number of hydrogen-bond donors (Lipinski definition) is 2. The number of halogens is 1. The van der Waals surface area contributed by atoms with Crippen molar-refractivity contribution in [2.45, 2.75) is 6.92 Å². The lowest BCUT2D eigenvalue weighted by molar-refractivity contribution is 0.102. The van der Waals surface area contributed by atoms with Crippen molar-refractivity contribution in [3.63, 3.8) is 0 Å². The lowest BCUT2D eigenvalue weighted by Gasteiger charge is -2.01. The third kappa shape index (κ3) is 2.80. The molecule has 0 spiro atoms. The van der Waals surface area contributed by atoms with Crippen molar-refractivity contribution in [3.8, 4) is 0 Å². The molecule has 0 aliphatic carbocycles. The fourth-order valence-electron chi connectivity index (χ4n) is 1.23. The molecule has 0 radical (unpaired) electrons. The highest BCUT2D eigenvalue weighted by molar-refractivity contribution is 9.11. The lowest BCUT2D eigenvalue weighted by atomic mass is 10.2. The van der Waals surface area contributed by atoms with Gasteiger partial charge in [0, 0.05) is 18.0 Å². The second-order valence-electron chi connectivity index (χ2n) is 3.32. The average molecular weight is 314 g/mol. The minimum absolute atomic E-state index is 0.0712. The fraction of sp³-hybridized carbons (Fsp3) is 0.100. The zero-order valence-corrected chi connectivity index (χ0v) is 11.2. The predicted octanol–water partition coefficient (Wildman–Crippen LogP) is 2.15. The van der Waals surface area contributed by atoms with Gasteiger partial charge in [0.1, 0.15) is 5.56 Å². The van der Waals surface area contributed by atoms with E-state index >= 15 is 0 Å². The maximum atomic E-state index is 11.8. The Hall–Kier alpha value is -1.47. The summed E-state index contributed by atoms with van der Waals surface area (Å²) in [6.45, 7) is 1.75. The summed E-state index contributed by atoms with van der Waals surface area (Å²) in [6, 6.07) is 1.38. The first-order valence-corrected chi connectivity index (χ1v) is 6.29. The highest BCUT2D eigenvalue weighted by Crippen LogP contribution is 2.23. The molecule has 17 heavy (non-hydrogen) atoms. The maximum Gasteiger partial charge on any atom is 0.262 e. The minimum Gasteiger partial charge on any atom is -0.364 e. The van der Waals surface area contributed by atoms with Gasteiger partial charge < -0.3 is 4.98 Å². The van der Waals surface area contributed by atoms with E-state index in [2.05, 4.69) is 31.2 Å². The first kappa shape index (κ1) is 12.0. The van der Waals surface area contributed by atoms with E-state index in [0.29, 0.717) is 10.8 Å². The number of aryl methyl sites for hydroxylation is 1. The average Bonchev–Trinajstić information content (AvgIpc) is 2.63. The molecule has 5 nitrogen and oxygen atoms in total. The molecule has 88 valence electrons. The molecule has 2 aromatic rings. The molecular weight excluding hydrogens is 306 g/mol.